The fourth-order valence-electron chi connectivity index (χ4n) is 1.66. The Bertz CT molecular complexity index is 372. The maximum atomic E-state index is 11.9. The minimum Gasteiger partial charge on any atom is -0.481 e. The number of hydrogen-bond acceptors (Lipinski definition) is 3. The van der Waals surface area contributed by atoms with Gasteiger partial charge in [0, 0.05) is 25.6 Å². The number of nitrogens with zero attached hydrogens (tertiary/aromatic N) is 1. The summed E-state index contributed by atoms with van der Waals surface area (Å²) in [7, 11) is 0. The van der Waals surface area contributed by atoms with Gasteiger partial charge in [-0.25, -0.2) is 0 Å². The third-order valence-electron chi connectivity index (χ3n) is 2.64. The molecule has 0 saturated heterocycles. The van der Waals surface area contributed by atoms with Crippen molar-refractivity contribution in [2.24, 2.45) is 0 Å². The molecule has 0 rings (SSSR count). The predicted molar refractivity (Wildman–Crippen MR) is 74.4 cm³/mol. The van der Waals surface area contributed by atoms with Crippen LogP contribution < -0.4 is 0 Å². The summed E-state index contributed by atoms with van der Waals surface area (Å²) in [5.41, 5.74) is 0.862. The largest absolute Gasteiger partial charge is 0.481 e. The second-order valence-electron chi connectivity index (χ2n) is 4.90. The van der Waals surface area contributed by atoms with Gasteiger partial charge < -0.3 is 15.1 Å². The molecule has 2 N–H and O–H groups in total. The van der Waals surface area contributed by atoms with E-state index in [4.69, 9.17) is 10.2 Å². The summed E-state index contributed by atoms with van der Waals surface area (Å²) < 4.78 is 0. The van der Waals surface area contributed by atoms with Gasteiger partial charge in [-0.3, -0.25) is 14.4 Å². The summed E-state index contributed by atoms with van der Waals surface area (Å²) in [4.78, 5) is 34.3. The molecule has 0 fully saturated rings. The van der Waals surface area contributed by atoms with Gasteiger partial charge in [0.2, 0.25) is 5.91 Å². The molecule has 1 amide bonds. The smallest absolute Gasteiger partial charge is 0.305 e. The van der Waals surface area contributed by atoms with Gasteiger partial charge in [-0.2, -0.15) is 0 Å². The SMILES string of the molecule is CC(C)=CC(=O)N(CCCCCC(=O)O)CCC(=O)O. The van der Waals surface area contributed by atoms with Crippen LogP contribution in [0.2, 0.25) is 0 Å². The molecule has 0 aliphatic rings. The zero-order valence-corrected chi connectivity index (χ0v) is 12.1. The molecule has 114 valence electrons. The van der Waals surface area contributed by atoms with Crippen LogP contribution in [0.4, 0.5) is 0 Å². The number of carbonyl (C=O) groups is 3. The molecule has 0 spiro atoms. The highest BCUT2D eigenvalue weighted by Gasteiger charge is 2.12. The monoisotopic (exact) mass is 285 g/mol. The van der Waals surface area contributed by atoms with Gasteiger partial charge in [0.05, 0.1) is 6.42 Å². The van der Waals surface area contributed by atoms with Crippen LogP contribution >= 0.6 is 0 Å². The highest BCUT2D eigenvalue weighted by molar-refractivity contribution is 5.88. The molecule has 0 aromatic rings. The molecule has 0 aliphatic carbocycles. The molecule has 0 saturated carbocycles. The van der Waals surface area contributed by atoms with Crippen LogP contribution in [0, 0.1) is 0 Å². The van der Waals surface area contributed by atoms with E-state index in [0.29, 0.717) is 25.8 Å². The van der Waals surface area contributed by atoms with E-state index in [2.05, 4.69) is 0 Å². The summed E-state index contributed by atoms with van der Waals surface area (Å²) in [5, 5.41) is 17.2. The van der Waals surface area contributed by atoms with Crippen LogP contribution in [0.1, 0.15) is 46.0 Å². The van der Waals surface area contributed by atoms with E-state index >= 15 is 0 Å². The van der Waals surface area contributed by atoms with Crippen LogP contribution in [-0.4, -0.2) is 46.0 Å². The van der Waals surface area contributed by atoms with Crippen molar-refractivity contribution in [2.75, 3.05) is 13.1 Å². The van der Waals surface area contributed by atoms with Crippen molar-refractivity contribution in [3.05, 3.63) is 11.6 Å². The zero-order valence-electron chi connectivity index (χ0n) is 12.1. The first kappa shape index (κ1) is 18.1. The summed E-state index contributed by atoms with van der Waals surface area (Å²) >= 11 is 0. The number of allylic oxidation sites excluding steroid dienone is 1. The highest BCUT2D eigenvalue weighted by Crippen LogP contribution is 2.05. The van der Waals surface area contributed by atoms with Crippen molar-refractivity contribution in [2.45, 2.75) is 46.0 Å². The molecule has 0 bridgehead atoms. The normalized spacial score (nSPS) is 9.90. The second kappa shape index (κ2) is 10.00. The van der Waals surface area contributed by atoms with E-state index in [1.54, 1.807) is 13.8 Å². The number of carboxylic acids is 2. The van der Waals surface area contributed by atoms with E-state index in [-0.39, 0.29) is 25.3 Å². The fraction of sp³-hybridized carbons (Fsp3) is 0.643. The third kappa shape index (κ3) is 10.1. The van der Waals surface area contributed by atoms with Crippen LogP contribution in [-0.2, 0) is 14.4 Å². The number of hydrogen-bond donors (Lipinski definition) is 2. The Balaban J connectivity index is 4.24. The standard InChI is InChI=1S/C14H23NO5/c1-11(2)10-12(16)15(9-7-14(19)20)8-5-3-4-6-13(17)18/h10H,3-9H2,1-2H3,(H,17,18)(H,19,20). The maximum Gasteiger partial charge on any atom is 0.305 e. The molecule has 0 aliphatic heterocycles. The molecule has 0 atom stereocenters. The number of carboxylic acid groups (broad SMARTS) is 2. The first-order valence-electron chi connectivity index (χ1n) is 6.70. The number of aliphatic carboxylic acids is 2. The lowest BCUT2D eigenvalue weighted by Gasteiger charge is -2.20. The van der Waals surface area contributed by atoms with Gasteiger partial charge in [0.1, 0.15) is 0 Å². The minimum atomic E-state index is -0.939. The Labute approximate surface area is 119 Å². The van der Waals surface area contributed by atoms with Crippen molar-refractivity contribution in [1.82, 2.24) is 4.90 Å². The van der Waals surface area contributed by atoms with E-state index < -0.39 is 11.9 Å². The van der Waals surface area contributed by atoms with Gasteiger partial charge in [0.25, 0.3) is 0 Å². The van der Waals surface area contributed by atoms with E-state index in [9.17, 15) is 14.4 Å². The lowest BCUT2D eigenvalue weighted by molar-refractivity contribution is -0.139. The summed E-state index contributed by atoms with van der Waals surface area (Å²) in [6, 6.07) is 0. The number of rotatable bonds is 10. The predicted octanol–water partition coefficient (Wildman–Crippen LogP) is 1.90. The van der Waals surface area contributed by atoms with Crippen LogP contribution in [0.3, 0.4) is 0 Å². The number of carbonyl (C=O) groups excluding carboxylic acids is 1. The van der Waals surface area contributed by atoms with Crippen LogP contribution in [0.5, 0.6) is 0 Å². The molecule has 6 nitrogen and oxygen atoms in total. The van der Waals surface area contributed by atoms with Gasteiger partial charge in [-0.15, -0.1) is 0 Å². The Kier molecular flexibility index (Phi) is 9.07. The first-order valence-corrected chi connectivity index (χ1v) is 6.70. The van der Waals surface area contributed by atoms with Crippen LogP contribution in [0.25, 0.3) is 0 Å². The lowest BCUT2D eigenvalue weighted by atomic mass is 10.2. The molecule has 0 unspecified atom stereocenters. The van der Waals surface area contributed by atoms with Crippen molar-refractivity contribution in [1.29, 1.82) is 0 Å². The second-order valence-corrected chi connectivity index (χ2v) is 4.90. The quantitative estimate of drug-likeness (QED) is 0.472. The first-order chi connectivity index (χ1) is 9.32. The molecule has 0 aromatic heterocycles. The van der Waals surface area contributed by atoms with Gasteiger partial charge >= 0.3 is 11.9 Å². The molecule has 6 heteroatoms. The average molecular weight is 285 g/mol. The topological polar surface area (TPSA) is 94.9 Å². The Morgan fingerprint density at radius 3 is 2.00 bits per heavy atom. The molecule has 0 radical (unpaired) electrons. The molecular formula is C14H23NO5. The Morgan fingerprint density at radius 2 is 1.50 bits per heavy atom. The molecular weight excluding hydrogens is 262 g/mol. The van der Waals surface area contributed by atoms with Crippen molar-refractivity contribution in [3.8, 4) is 0 Å². The van der Waals surface area contributed by atoms with Crippen molar-refractivity contribution >= 4 is 17.8 Å². The number of amides is 1. The van der Waals surface area contributed by atoms with Gasteiger partial charge in [-0.05, 0) is 26.7 Å². The summed E-state index contributed by atoms with van der Waals surface area (Å²) in [6.07, 6.45) is 3.47. The van der Waals surface area contributed by atoms with Gasteiger partial charge in [-0.1, -0.05) is 12.0 Å². The maximum absolute atomic E-state index is 11.9. The van der Waals surface area contributed by atoms with Gasteiger partial charge in [0.15, 0.2) is 0 Å². The van der Waals surface area contributed by atoms with E-state index in [1.165, 1.54) is 11.0 Å². The van der Waals surface area contributed by atoms with Crippen LogP contribution in [0.15, 0.2) is 11.6 Å². The summed E-state index contributed by atoms with van der Waals surface area (Å²) in [5.74, 6) is -1.95. The molecule has 0 heterocycles. The lowest BCUT2D eigenvalue weighted by Crippen LogP contribution is -2.32. The third-order valence-corrected chi connectivity index (χ3v) is 2.64. The number of unbranched alkanes of at least 4 members (excludes halogenated alkanes) is 2. The van der Waals surface area contributed by atoms with Crippen molar-refractivity contribution in [3.63, 3.8) is 0 Å². The van der Waals surface area contributed by atoms with E-state index in [0.717, 1.165) is 5.57 Å². The zero-order chi connectivity index (χ0) is 15.5. The Hall–Kier alpha value is -1.85. The minimum absolute atomic E-state index is 0.0858. The molecule has 0 aromatic carbocycles. The highest BCUT2D eigenvalue weighted by atomic mass is 16.4. The van der Waals surface area contributed by atoms with Crippen molar-refractivity contribution < 1.29 is 24.6 Å². The van der Waals surface area contributed by atoms with E-state index in [1.807, 2.05) is 0 Å². The average Bonchev–Trinajstić information content (AvgIpc) is 2.30. The summed E-state index contributed by atoms with van der Waals surface area (Å²) in [6.45, 7) is 4.24. The Morgan fingerprint density at radius 1 is 0.900 bits per heavy atom. The molecule has 20 heavy (non-hydrogen) atoms. The fourth-order valence-corrected chi connectivity index (χ4v) is 1.66.